The zero-order valence-electron chi connectivity index (χ0n) is 15.6. The molecular formula is C20H29NO5. The molecule has 0 radical (unpaired) electrons. The van der Waals surface area contributed by atoms with Gasteiger partial charge in [-0.2, -0.15) is 0 Å². The van der Waals surface area contributed by atoms with Crippen molar-refractivity contribution in [3.63, 3.8) is 0 Å². The van der Waals surface area contributed by atoms with Crippen molar-refractivity contribution in [3.05, 3.63) is 23.8 Å². The van der Waals surface area contributed by atoms with Crippen LogP contribution in [-0.4, -0.2) is 46.4 Å². The first-order valence-electron chi connectivity index (χ1n) is 9.33. The number of aliphatic hydroxyl groups is 2. The number of hydrogen-bond acceptors (Lipinski definition) is 6. The van der Waals surface area contributed by atoms with E-state index >= 15 is 0 Å². The maximum atomic E-state index is 11.8. The Balaban J connectivity index is 1.92. The fraction of sp³-hybridized carbons (Fsp3) is 0.700. The third-order valence-electron chi connectivity index (χ3n) is 7.16. The van der Waals surface area contributed by atoms with Gasteiger partial charge in [0.15, 0.2) is 0 Å². The van der Waals surface area contributed by atoms with E-state index in [4.69, 9.17) is 4.74 Å². The van der Waals surface area contributed by atoms with Crippen molar-refractivity contribution in [2.24, 2.45) is 27.8 Å². The lowest BCUT2D eigenvalue weighted by atomic mass is 9.46. The van der Waals surface area contributed by atoms with Crippen molar-refractivity contribution in [2.45, 2.75) is 52.1 Å². The van der Waals surface area contributed by atoms with Crippen molar-refractivity contribution < 1.29 is 25.0 Å². The van der Waals surface area contributed by atoms with Crippen LogP contribution in [0, 0.1) is 22.7 Å². The van der Waals surface area contributed by atoms with Gasteiger partial charge in [0.2, 0.25) is 0 Å². The molecule has 6 heteroatoms. The molecule has 0 spiro atoms. The summed E-state index contributed by atoms with van der Waals surface area (Å²) in [4.78, 5) is 11.8. The van der Waals surface area contributed by atoms with Crippen molar-refractivity contribution in [2.75, 3.05) is 13.2 Å². The lowest BCUT2D eigenvalue weighted by Gasteiger charge is -2.58. The molecule has 3 aliphatic rings. The predicted octanol–water partition coefficient (Wildman–Crippen LogP) is 2.43. The van der Waals surface area contributed by atoms with Crippen molar-refractivity contribution in [3.8, 4) is 0 Å². The van der Waals surface area contributed by atoms with E-state index < -0.39 is 17.5 Å². The van der Waals surface area contributed by atoms with Crippen LogP contribution in [0.1, 0.15) is 46.0 Å². The minimum atomic E-state index is -0.856. The summed E-state index contributed by atoms with van der Waals surface area (Å²) in [6.07, 6.45) is 4.76. The molecule has 144 valence electrons. The van der Waals surface area contributed by atoms with Crippen LogP contribution >= 0.6 is 0 Å². The van der Waals surface area contributed by atoms with Crippen LogP contribution in [-0.2, 0) is 9.53 Å². The van der Waals surface area contributed by atoms with Crippen LogP contribution in [0.15, 0.2) is 29.0 Å². The third kappa shape index (κ3) is 2.79. The van der Waals surface area contributed by atoms with Gasteiger partial charge in [-0.1, -0.05) is 37.2 Å². The molecule has 3 fully saturated rings. The second kappa shape index (κ2) is 6.82. The summed E-state index contributed by atoms with van der Waals surface area (Å²) < 4.78 is 4.90. The normalized spacial score (nSPS) is 43.6. The number of hydrogen-bond donors (Lipinski definition) is 3. The van der Waals surface area contributed by atoms with Gasteiger partial charge >= 0.3 is 5.97 Å². The fourth-order valence-electron chi connectivity index (χ4n) is 5.54. The van der Waals surface area contributed by atoms with Gasteiger partial charge < -0.3 is 20.2 Å². The second-order valence-electron chi connectivity index (χ2n) is 8.44. The van der Waals surface area contributed by atoms with Crippen LogP contribution in [0.4, 0.5) is 0 Å². The molecular weight excluding hydrogens is 334 g/mol. The largest absolute Gasteiger partial charge is 0.459 e. The lowest BCUT2D eigenvalue weighted by Crippen LogP contribution is -2.55. The number of oxime groups is 1. The topological polar surface area (TPSA) is 99.4 Å². The standard InChI is InChI=1S/C20H29NO5/c1-12-4-7-16-19(2,9-8-17(21-25)20(16,3)11-22)14(12)6-5-13-15(23)10-26-18(13)24/h5,14-16,22-23,25H,1,4,6-11H2,2-3H3/b13-5+,21-17+/t14-,15-,16+,19+,20+/m1/s1. The highest BCUT2D eigenvalue weighted by Gasteiger charge is 2.56. The number of carbonyl (C=O) groups excluding carboxylic acids is 1. The Bertz CT molecular complexity index is 669. The quantitative estimate of drug-likeness (QED) is 0.235. The molecule has 0 amide bonds. The van der Waals surface area contributed by atoms with Crippen molar-refractivity contribution >= 4 is 11.7 Å². The van der Waals surface area contributed by atoms with Gasteiger partial charge in [-0.3, -0.25) is 0 Å². The molecule has 5 atom stereocenters. The second-order valence-corrected chi connectivity index (χ2v) is 8.44. The van der Waals surface area contributed by atoms with E-state index in [0.29, 0.717) is 24.1 Å². The van der Waals surface area contributed by atoms with Gasteiger partial charge in [0, 0.05) is 5.41 Å². The number of nitrogens with zero attached hydrogens (tertiary/aromatic N) is 1. The molecule has 2 saturated carbocycles. The summed E-state index contributed by atoms with van der Waals surface area (Å²) in [5, 5.41) is 33.0. The summed E-state index contributed by atoms with van der Waals surface area (Å²) in [6, 6.07) is 0. The average Bonchev–Trinajstić information content (AvgIpc) is 2.93. The minimum Gasteiger partial charge on any atom is -0.459 e. The maximum absolute atomic E-state index is 11.8. The molecule has 26 heavy (non-hydrogen) atoms. The summed E-state index contributed by atoms with van der Waals surface area (Å²) in [5.74, 6) is -0.145. The SMILES string of the molecule is C=C1CC[C@H]2[C@@](C)(CC/C(=N\O)[C@@]2(C)CO)[C@@H]1C/C=C1/C(=O)OC[C@H]1O. The number of ether oxygens (including phenoxy) is 1. The van der Waals surface area contributed by atoms with E-state index in [1.807, 2.05) is 6.92 Å². The Morgan fingerprint density at radius 2 is 2.12 bits per heavy atom. The van der Waals surface area contributed by atoms with Crippen LogP contribution < -0.4 is 0 Å². The van der Waals surface area contributed by atoms with Gasteiger partial charge in [-0.25, -0.2) is 4.79 Å². The van der Waals surface area contributed by atoms with Crippen LogP contribution in [0.3, 0.4) is 0 Å². The molecule has 0 bridgehead atoms. The number of esters is 1. The molecule has 0 unspecified atom stereocenters. The molecule has 1 heterocycles. The van der Waals surface area contributed by atoms with Gasteiger partial charge in [-0.05, 0) is 49.4 Å². The zero-order chi connectivity index (χ0) is 19.1. The first-order valence-corrected chi connectivity index (χ1v) is 9.33. The summed E-state index contributed by atoms with van der Waals surface area (Å²) in [5.41, 5.74) is 1.47. The van der Waals surface area contributed by atoms with E-state index in [1.54, 1.807) is 6.08 Å². The van der Waals surface area contributed by atoms with E-state index in [9.17, 15) is 20.2 Å². The zero-order valence-corrected chi connectivity index (χ0v) is 15.6. The van der Waals surface area contributed by atoms with Crippen molar-refractivity contribution in [1.82, 2.24) is 0 Å². The molecule has 2 aliphatic carbocycles. The molecule has 3 N–H and O–H groups in total. The van der Waals surface area contributed by atoms with Crippen LogP contribution in [0.25, 0.3) is 0 Å². The number of carbonyl (C=O) groups is 1. The predicted molar refractivity (Wildman–Crippen MR) is 96.8 cm³/mol. The van der Waals surface area contributed by atoms with Gasteiger partial charge in [0.1, 0.15) is 12.7 Å². The highest BCUT2D eigenvalue weighted by molar-refractivity contribution is 5.92. The van der Waals surface area contributed by atoms with E-state index in [2.05, 4.69) is 18.7 Å². The van der Waals surface area contributed by atoms with E-state index in [-0.39, 0.29) is 30.5 Å². The molecule has 0 aromatic rings. The Morgan fingerprint density at radius 3 is 2.69 bits per heavy atom. The van der Waals surface area contributed by atoms with Crippen LogP contribution in [0.5, 0.6) is 0 Å². The molecule has 6 nitrogen and oxygen atoms in total. The molecule has 1 saturated heterocycles. The molecule has 0 aromatic carbocycles. The van der Waals surface area contributed by atoms with E-state index in [0.717, 1.165) is 24.8 Å². The van der Waals surface area contributed by atoms with Crippen molar-refractivity contribution in [1.29, 1.82) is 0 Å². The van der Waals surface area contributed by atoms with Gasteiger partial charge in [0.25, 0.3) is 0 Å². The van der Waals surface area contributed by atoms with Crippen LogP contribution in [0.2, 0.25) is 0 Å². The molecule has 0 aromatic heterocycles. The van der Waals surface area contributed by atoms with Gasteiger partial charge in [-0.15, -0.1) is 0 Å². The smallest absolute Gasteiger partial charge is 0.336 e. The number of aliphatic hydroxyl groups excluding tert-OH is 2. The number of rotatable bonds is 3. The highest BCUT2D eigenvalue weighted by atomic mass is 16.6. The third-order valence-corrected chi connectivity index (χ3v) is 7.16. The average molecular weight is 363 g/mol. The number of allylic oxidation sites excluding steroid dienone is 2. The Kier molecular flexibility index (Phi) is 5.01. The first-order chi connectivity index (χ1) is 12.3. The summed E-state index contributed by atoms with van der Waals surface area (Å²) >= 11 is 0. The minimum absolute atomic E-state index is 0.0229. The Labute approximate surface area is 154 Å². The Morgan fingerprint density at radius 1 is 1.38 bits per heavy atom. The van der Waals surface area contributed by atoms with Gasteiger partial charge in [0.05, 0.1) is 17.9 Å². The monoisotopic (exact) mass is 363 g/mol. The number of cyclic esters (lactones) is 1. The first kappa shape index (κ1) is 19.1. The Hall–Kier alpha value is -1.66. The summed E-state index contributed by atoms with van der Waals surface area (Å²) in [6.45, 7) is 8.44. The fourth-order valence-corrected chi connectivity index (χ4v) is 5.54. The maximum Gasteiger partial charge on any atom is 0.336 e. The summed E-state index contributed by atoms with van der Waals surface area (Å²) in [7, 11) is 0. The molecule has 3 rings (SSSR count). The highest BCUT2D eigenvalue weighted by Crippen LogP contribution is 2.60. The lowest BCUT2D eigenvalue weighted by molar-refractivity contribution is -0.135. The molecule has 1 aliphatic heterocycles. The number of fused-ring (bicyclic) bond motifs is 1. The van der Waals surface area contributed by atoms with E-state index in [1.165, 1.54) is 0 Å².